The molecule has 1 rings (SSSR count). The number of carboxylic acid groups (broad SMARTS) is 1. The third-order valence-electron chi connectivity index (χ3n) is 1.87. The van der Waals surface area contributed by atoms with Gasteiger partial charge in [-0.3, -0.25) is 9.00 Å². The highest BCUT2D eigenvalue weighted by Crippen LogP contribution is 2.24. The van der Waals surface area contributed by atoms with Crippen molar-refractivity contribution >= 4 is 40.0 Å². The number of hydrogen-bond acceptors (Lipinski definition) is 2. The Hall–Kier alpha value is -0.580. The van der Waals surface area contributed by atoms with Gasteiger partial charge in [-0.05, 0) is 24.6 Å². The Kier molecular flexibility index (Phi) is 5.25. The van der Waals surface area contributed by atoms with E-state index in [0.717, 1.165) is 0 Å². The molecule has 1 N–H and O–H groups in total. The molecule has 6 heteroatoms. The van der Waals surface area contributed by atoms with Gasteiger partial charge in [0.15, 0.2) is 0 Å². The molecule has 0 heterocycles. The van der Waals surface area contributed by atoms with Gasteiger partial charge >= 0.3 is 5.97 Å². The highest BCUT2D eigenvalue weighted by molar-refractivity contribution is 7.85. The molecule has 0 aliphatic carbocycles. The normalized spacial score (nSPS) is 12.4. The summed E-state index contributed by atoms with van der Waals surface area (Å²) in [5.41, 5.74) is 0. The van der Waals surface area contributed by atoms with Gasteiger partial charge in [-0.15, -0.1) is 0 Å². The molecule has 1 aromatic rings. The number of carbonyl (C=O) groups is 1. The summed E-state index contributed by atoms with van der Waals surface area (Å²) < 4.78 is 11.7. The molecule has 0 amide bonds. The van der Waals surface area contributed by atoms with Crippen molar-refractivity contribution in [2.75, 3.05) is 5.75 Å². The zero-order valence-electron chi connectivity index (χ0n) is 8.28. The molecule has 0 radical (unpaired) electrons. The van der Waals surface area contributed by atoms with E-state index in [1.54, 1.807) is 18.2 Å². The predicted octanol–water partition coefficient (Wildman–Crippen LogP) is 2.97. The van der Waals surface area contributed by atoms with Crippen LogP contribution in [0.3, 0.4) is 0 Å². The molecule has 0 saturated heterocycles. The van der Waals surface area contributed by atoms with E-state index in [4.69, 9.17) is 28.3 Å². The molecule has 0 aliphatic heterocycles. The molecule has 16 heavy (non-hydrogen) atoms. The third-order valence-corrected chi connectivity index (χ3v) is 4.05. The predicted molar refractivity (Wildman–Crippen MR) is 64.6 cm³/mol. The minimum Gasteiger partial charge on any atom is -0.481 e. The fourth-order valence-corrected chi connectivity index (χ4v) is 2.56. The van der Waals surface area contributed by atoms with E-state index in [-0.39, 0.29) is 6.42 Å². The van der Waals surface area contributed by atoms with Crippen LogP contribution < -0.4 is 0 Å². The van der Waals surface area contributed by atoms with Crippen LogP contribution in [0.4, 0.5) is 0 Å². The van der Waals surface area contributed by atoms with E-state index < -0.39 is 16.8 Å². The Morgan fingerprint density at radius 2 is 2.00 bits per heavy atom. The zero-order valence-corrected chi connectivity index (χ0v) is 10.6. The molecule has 1 unspecified atom stereocenters. The number of aliphatic carboxylic acids is 1. The van der Waals surface area contributed by atoms with Crippen molar-refractivity contribution in [3.8, 4) is 0 Å². The van der Waals surface area contributed by atoms with Gasteiger partial charge in [-0.25, -0.2) is 0 Å². The molecule has 0 spiro atoms. The van der Waals surface area contributed by atoms with E-state index in [9.17, 15) is 9.00 Å². The van der Waals surface area contributed by atoms with Crippen LogP contribution in [0.15, 0.2) is 23.1 Å². The Morgan fingerprint density at radius 3 is 2.56 bits per heavy atom. The summed E-state index contributed by atoms with van der Waals surface area (Å²) in [5, 5.41) is 9.20. The van der Waals surface area contributed by atoms with Gasteiger partial charge in [0.1, 0.15) is 0 Å². The molecule has 0 aromatic heterocycles. The molecule has 3 nitrogen and oxygen atoms in total. The second kappa shape index (κ2) is 6.23. The molecule has 0 bridgehead atoms. The zero-order chi connectivity index (χ0) is 12.1. The minimum atomic E-state index is -1.22. The number of carboxylic acids is 1. The second-order valence-corrected chi connectivity index (χ2v) is 5.51. The Bertz CT molecular complexity index is 421. The number of rotatable bonds is 5. The molecule has 0 saturated carbocycles. The lowest BCUT2D eigenvalue weighted by Crippen LogP contribution is -2.02. The molecular weight excluding hydrogens is 271 g/mol. The first kappa shape index (κ1) is 13.5. The maximum Gasteiger partial charge on any atom is 0.303 e. The minimum absolute atomic E-state index is 0.0209. The van der Waals surface area contributed by atoms with Gasteiger partial charge < -0.3 is 5.11 Å². The summed E-state index contributed by atoms with van der Waals surface area (Å²) in [4.78, 5) is 10.8. The SMILES string of the molecule is O=C(O)CCCS(=O)c1ccc(Cl)c(Cl)c1. The second-order valence-electron chi connectivity index (χ2n) is 3.12. The van der Waals surface area contributed by atoms with Gasteiger partial charge in [0.2, 0.25) is 0 Å². The van der Waals surface area contributed by atoms with E-state index in [0.29, 0.717) is 27.1 Å². The van der Waals surface area contributed by atoms with Crippen LogP contribution in [0.1, 0.15) is 12.8 Å². The number of hydrogen-bond donors (Lipinski definition) is 1. The lowest BCUT2D eigenvalue weighted by atomic mass is 10.3. The van der Waals surface area contributed by atoms with Crippen LogP contribution in [0.25, 0.3) is 0 Å². The molecule has 1 atom stereocenters. The van der Waals surface area contributed by atoms with E-state index in [1.807, 2.05) is 0 Å². The first-order chi connectivity index (χ1) is 7.50. The van der Waals surface area contributed by atoms with Crippen molar-refractivity contribution in [1.29, 1.82) is 0 Å². The Balaban J connectivity index is 2.59. The van der Waals surface area contributed by atoms with Gasteiger partial charge in [-0.1, -0.05) is 23.2 Å². The van der Waals surface area contributed by atoms with Crippen LogP contribution in [-0.4, -0.2) is 21.0 Å². The summed E-state index contributed by atoms with van der Waals surface area (Å²) in [7, 11) is -1.22. The third kappa shape index (κ3) is 4.12. The maximum absolute atomic E-state index is 11.7. The highest BCUT2D eigenvalue weighted by atomic mass is 35.5. The molecule has 88 valence electrons. The smallest absolute Gasteiger partial charge is 0.303 e. The summed E-state index contributed by atoms with van der Waals surface area (Å²) >= 11 is 11.5. The summed E-state index contributed by atoms with van der Waals surface area (Å²) in [6.45, 7) is 0. The lowest BCUT2D eigenvalue weighted by Gasteiger charge is -2.02. The average Bonchev–Trinajstić information content (AvgIpc) is 2.21. The van der Waals surface area contributed by atoms with Gasteiger partial charge in [-0.2, -0.15) is 0 Å². The fraction of sp³-hybridized carbons (Fsp3) is 0.300. The van der Waals surface area contributed by atoms with Crippen molar-refractivity contribution < 1.29 is 14.1 Å². The van der Waals surface area contributed by atoms with Gasteiger partial charge in [0.05, 0.1) is 20.8 Å². The van der Waals surface area contributed by atoms with Crippen LogP contribution in [0, 0.1) is 0 Å². The van der Waals surface area contributed by atoms with Gasteiger partial charge in [0.25, 0.3) is 0 Å². The average molecular weight is 281 g/mol. The number of halogens is 2. The topological polar surface area (TPSA) is 54.4 Å². The van der Waals surface area contributed by atoms with E-state index >= 15 is 0 Å². The van der Waals surface area contributed by atoms with Crippen molar-refractivity contribution in [3.05, 3.63) is 28.2 Å². The van der Waals surface area contributed by atoms with Crippen LogP contribution >= 0.6 is 23.2 Å². The number of benzene rings is 1. The van der Waals surface area contributed by atoms with Gasteiger partial charge in [0, 0.05) is 17.1 Å². The highest BCUT2D eigenvalue weighted by Gasteiger charge is 2.07. The van der Waals surface area contributed by atoms with E-state index in [2.05, 4.69) is 0 Å². The Morgan fingerprint density at radius 1 is 1.31 bits per heavy atom. The summed E-state index contributed by atoms with van der Waals surface area (Å²) in [6, 6.07) is 4.75. The molecule has 1 aromatic carbocycles. The first-order valence-electron chi connectivity index (χ1n) is 4.56. The fourth-order valence-electron chi connectivity index (χ4n) is 1.09. The Labute approximate surface area is 106 Å². The molecule has 0 aliphatic rings. The molecule has 0 fully saturated rings. The quantitative estimate of drug-likeness (QED) is 0.902. The monoisotopic (exact) mass is 280 g/mol. The standard InChI is InChI=1S/C10H10Cl2O3S/c11-8-4-3-7(6-9(8)12)16(15)5-1-2-10(13)14/h3-4,6H,1-2,5H2,(H,13,14). The van der Waals surface area contributed by atoms with Crippen molar-refractivity contribution in [3.63, 3.8) is 0 Å². The first-order valence-corrected chi connectivity index (χ1v) is 6.63. The van der Waals surface area contributed by atoms with Crippen molar-refractivity contribution in [1.82, 2.24) is 0 Å². The maximum atomic E-state index is 11.7. The van der Waals surface area contributed by atoms with E-state index in [1.165, 1.54) is 0 Å². The lowest BCUT2D eigenvalue weighted by molar-refractivity contribution is -0.137. The summed E-state index contributed by atoms with van der Waals surface area (Å²) in [5.74, 6) is -0.573. The molecular formula is C10H10Cl2O3S. The van der Waals surface area contributed by atoms with Crippen molar-refractivity contribution in [2.45, 2.75) is 17.7 Å². The van der Waals surface area contributed by atoms with Crippen LogP contribution in [0.2, 0.25) is 10.0 Å². The van der Waals surface area contributed by atoms with Crippen molar-refractivity contribution in [2.24, 2.45) is 0 Å². The van der Waals surface area contributed by atoms with Crippen LogP contribution in [-0.2, 0) is 15.6 Å². The largest absolute Gasteiger partial charge is 0.481 e. The summed E-state index contributed by atoms with van der Waals surface area (Å²) in [6.07, 6.45) is 0.398. The van der Waals surface area contributed by atoms with Crippen LogP contribution in [0.5, 0.6) is 0 Å².